The first kappa shape index (κ1) is 10.5. The average Bonchev–Trinajstić information content (AvgIpc) is 2.13. The maximum atomic E-state index is 8.45. The Morgan fingerprint density at radius 3 is 2.33 bits per heavy atom. The second kappa shape index (κ2) is 5.20. The Morgan fingerprint density at radius 2 is 1.92 bits per heavy atom. The molecular formula is C10H14N2. The van der Waals surface area contributed by atoms with Gasteiger partial charge in [0.2, 0.25) is 0 Å². The van der Waals surface area contributed by atoms with Gasteiger partial charge in [0, 0.05) is 5.69 Å². The van der Waals surface area contributed by atoms with Crippen molar-refractivity contribution in [1.29, 1.82) is 5.26 Å². The number of hydrogen-bond acceptors (Lipinski definition) is 2. The molecule has 0 saturated carbocycles. The highest BCUT2D eigenvalue weighted by Crippen LogP contribution is 2.11. The third-order valence-electron chi connectivity index (χ3n) is 1.41. The lowest BCUT2D eigenvalue weighted by atomic mass is 10.1. The Morgan fingerprint density at radius 1 is 1.33 bits per heavy atom. The van der Waals surface area contributed by atoms with Crippen LogP contribution in [0.3, 0.4) is 0 Å². The molecule has 0 aliphatic carbocycles. The fourth-order valence-corrected chi connectivity index (χ4v) is 0.710. The van der Waals surface area contributed by atoms with Gasteiger partial charge in [-0.05, 0) is 24.6 Å². The maximum absolute atomic E-state index is 8.45. The van der Waals surface area contributed by atoms with Crippen LogP contribution in [0.1, 0.15) is 25.0 Å². The largest absolute Gasteiger partial charge is 0.398 e. The monoisotopic (exact) mass is 162 g/mol. The summed E-state index contributed by atoms with van der Waals surface area (Å²) < 4.78 is 0. The molecule has 0 atom stereocenters. The van der Waals surface area contributed by atoms with Crippen LogP contribution in [0.5, 0.6) is 0 Å². The van der Waals surface area contributed by atoms with E-state index in [1.807, 2.05) is 32.9 Å². The highest BCUT2D eigenvalue weighted by atomic mass is 14.5. The van der Waals surface area contributed by atoms with Crippen molar-refractivity contribution in [2.45, 2.75) is 20.8 Å². The third kappa shape index (κ3) is 2.63. The highest BCUT2D eigenvalue weighted by molar-refractivity contribution is 5.51. The van der Waals surface area contributed by atoms with Crippen molar-refractivity contribution in [1.82, 2.24) is 0 Å². The van der Waals surface area contributed by atoms with Crippen LogP contribution in [-0.2, 0) is 0 Å². The van der Waals surface area contributed by atoms with Gasteiger partial charge in [-0.2, -0.15) is 5.26 Å². The summed E-state index contributed by atoms with van der Waals surface area (Å²) in [6.45, 7) is 5.91. The lowest BCUT2D eigenvalue weighted by Crippen LogP contribution is -1.89. The molecule has 2 N–H and O–H groups in total. The summed E-state index contributed by atoms with van der Waals surface area (Å²) >= 11 is 0. The van der Waals surface area contributed by atoms with Crippen LogP contribution in [0.25, 0.3) is 0 Å². The van der Waals surface area contributed by atoms with E-state index in [9.17, 15) is 0 Å². The third-order valence-corrected chi connectivity index (χ3v) is 1.41. The summed E-state index contributed by atoms with van der Waals surface area (Å²) in [7, 11) is 0. The van der Waals surface area contributed by atoms with Gasteiger partial charge >= 0.3 is 0 Å². The van der Waals surface area contributed by atoms with E-state index in [1.54, 1.807) is 12.1 Å². The maximum Gasteiger partial charge on any atom is 0.0992 e. The van der Waals surface area contributed by atoms with Crippen LogP contribution in [0.2, 0.25) is 0 Å². The van der Waals surface area contributed by atoms with Crippen molar-refractivity contribution in [3.05, 3.63) is 29.3 Å². The number of rotatable bonds is 0. The zero-order chi connectivity index (χ0) is 9.56. The summed E-state index contributed by atoms with van der Waals surface area (Å²) in [5, 5.41) is 8.45. The number of hydrogen-bond donors (Lipinski definition) is 1. The average molecular weight is 162 g/mol. The van der Waals surface area contributed by atoms with Crippen molar-refractivity contribution < 1.29 is 0 Å². The molecule has 0 bridgehead atoms. The minimum atomic E-state index is 0.614. The quantitative estimate of drug-likeness (QED) is 0.596. The van der Waals surface area contributed by atoms with Gasteiger partial charge < -0.3 is 5.73 Å². The first-order valence-corrected chi connectivity index (χ1v) is 4.00. The van der Waals surface area contributed by atoms with Gasteiger partial charge in [-0.25, -0.2) is 0 Å². The molecule has 12 heavy (non-hydrogen) atoms. The number of aryl methyl sites for hydroxylation is 1. The van der Waals surface area contributed by atoms with Gasteiger partial charge in [0.1, 0.15) is 0 Å². The van der Waals surface area contributed by atoms with E-state index in [0.717, 1.165) is 5.56 Å². The Balaban J connectivity index is 0.000000561. The van der Waals surface area contributed by atoms with Crippen LogP contribution in [-0.4, -0.2) is 0 Å². The molecule has 0 amide bonds. The summed E-state index contributed by atoms with van der Waals surface area (Å²) in [6.07, 6.45) is 0. The van der Waals surface area contributed by atoms with E-state index in [2.05, 4.69) is 0 Å². The highest BCUT2D eigenvalue weighted by Gasteiger charge is 1.93. The van der Waals surface area contributed by atoms with E-state index in [1.165, 1.54) is 0 Å². The zero-order valence-corrected chi connectivity index (χ0v) is 7.76. The van der Waals surface area contributed by atoms with E-state index in [0.29, 0.717) is 11.3 Å². The number of nitrogens with zero attached hydrogens (tertiary/aromatic N) is 1. The minimum absolute atomic E-state index is 0.614. The molecule has 1 aromatic rings. The minimum Gasteiger partial charge on any atom is -0.398 e. The van der Waals surface area contributed by atoms with Crippen molar-refractivity contribution in [3.63, 3.8) is 0 Å². The van der Waals surface area contributed by atoms with E-state index in [-0.39, 0.29) is 0 Å². The van der Waals surface area contributed by atoms with Crippen LogP contribution < -0.4 is 5.73 Å². The molecule has 64 valence electrons. The molecular weight excluding hydrogens is 148 g/mol. The fourth-order valence-electron chi connectivity index (χ4n) is 0.710. The van der Waals surface area contributed by atoms with E-state index in [4.69, 9.17) is 11.0 Å². The molecule has 0 radical (unpaired) electrons. The van der Waals surface area contributed by atoms with Crippen LogP contribution >= 0.6 is 0 Å². The lowest BCUT2D eigenvalue weighted by molar-refractivity contribution is 1.43. The predicted molar refractivity (Wildman–Crippen MR) is 51.7 cm³/mol. The second-order valence-corrected chi connectivity index (χ2v) is 2.18. The lowest BCUT2D eigenvalue weighted by Gasteiger charge is -1.97. The van der Waals surface area contributed by atoms with Gasteiger partial charge in [-0.3, -0.25) is 0 Å². The summed E-state index contributed by atoms with van der Waals surface area (Å²) in [5.74, 6) is 0. The van der Waals surface area contributed by atoms with Gasteiger partial charge in [0.05, 0.1) is 11.6 Å². The first-order chi connectivity index (χ1) is 5.74. The molecule has 0 unspecified atom stereocenters. The second-order valence-electron chi connectivity index (χ2n) is 2.18. The van der Waals surface area contributed by atoms with Gasteiger partial charge in [0.25, 0.3) is 0 Å². The molecule has 1 rings (SSSR count). The van der Waals surface area contributed by atoms with Crippen molar-refractivity contribution in [3.8, 4) is 6.07 Å². The molecule has 1 aromatic carbocycles. The van der Waals surface area contributed by atoms with E-state index < -0.39 is 0 Å². The zero-order valence-electron chi connectivity index (χ0n) is 7.76. The Kier molecular flexibility index (Phi) is 4.55. The summed E-state index contributed by atoms with van der Waals surface area (Å²) in [5.41, 5.74) is 7.85. The van der Waals surface area contributed by atoms with Gasteiger partial charge in [-0.15, -0.1) is 0 Å². The Bertz CT molecular complexity index is 284. The van der Waals surface area contributed by atoms with Crippen LogP contribution in [0.15, 0.2) is 18.2 Å². The van der Waals surface area contributed by atoms with Crippen molar-refractivity contribution in [2.24, 2.45) is 0 Å². The molecule has 0 heterocycles. The van der Waals surface area contributed by atoms with Gasteiger partial charge in [0.15, 0.2) is 0 Å². The summed E-state index contributed by atoms with van der Waals surface area (Å²) in [6, 6.07) is 7.29. The molecule has 2 nitrogen and oxygen atoms in total. The smallest absolute Gasteiger partial charge is 0.0992 e. The van der Waals surface area contributed by atoms with Gasteiger partial charge in [-0.1, -0.05) is 19.9 Å². The van der Waals surface area contributed by atoms with E-state index >= 15 is 0 Å². The predicted octanol–water partition coefficient (Wildman–Crippen LogP) is 2.48. The van der Waals surface area contributed by atoms with Crippen LogP contribution in [0, 0.1) is 18.3 Å². The molecule has 0 fully saturated rings. The number of nitriles is 1. The SMILES string of the molecule is CC.Cc1ccc(C#N)cc1N. The number of nitrogens with two attached hydrogens (primary N) is 1. The first-order valence-electron chi connectivity index (χ1n) is 4.00. The number of anilines is 1. The number of nitrogen functional groups attached to an aromatic ring is 1. The standard InChI is InChI=1S/C8H8N2.C2H6/c1-6-2-3-7(5-9)4-8(6)10;1-2/h2-4H,10H2,1H3;1-2H3. The van der Waals surface area contributed by atoms with Crippen molar-refractivity contribution >= 4 is 5.69 Å². The Labute approximate surface area is 73.6 Å². The molecule has 0 saturated heterocycles. The number of benzene rings is 1. The van der Waals surface area contributed by atoms with Crippen LogP contribution in [0.4, 0.5) is 5.69 Å². The molecule has 0 aromatic heterocycles. The molecule has 2 heteroatoms. The molecule has 0 aliphatic heterocycles. The topological polar surface area (TPSA) is 49.8 Å². The molecule has 0 spiro atoms. The Hall–Kier alpha value is -1.49. The fraction of sp³-hybridized carbons (Fsp3) is 0.300. The molecule has 0 aliphatic rings. The van der Waals surface area contributed by atoms with Crippen molar-refractivity contribution in [2.75, 3.05) is 5.73 Å². The normalized spacial score (nSPS) is 7.83. The summed E-state index contributed by atoms with van der Waals surface area (Å²) in [4.78, 5) is 0.